The highest BCUT2D eigenvalue weighted by molar-refractivity contribution is 5.86. The van der Waals surface area contributed by atoms with Gasteiger partial charge in [-0.25, -0.2) is 0 Å². The molecule has 2 fully saturated rings. The van der Waals surface area contributed by atoms with E-state index in [2.05, 4.69) is 10.6 Å². The average Bonchev–Trinajstić information content (AvgIpc) is 3.01. The summed E-state index contributed by atoms with van der Waals surface area (Å²) in [5, 5.41) is 16.1. The number of carbonyl (C=O) groups excluding carboxylic acids is 2. The fourth-order valence-corrected chi connectivity index (χ4v) is 5.32. The molecule has 0 bridgehead atoms. The van der Waals surface area contributed by atoms with E-state index >= 15 is 0 Å². The summed E-state index contributed by atoms with van der Waals surface area (Å²) in [5.41, 5.74) is 1.09. The van der Waals surface area contributed by atoms with E-state index in [1.807, 2.05) is 30.3 Å². The summed E-state index contributed by atoms with van der Waals surface area (Å²) in [6.07, 6.45) is 7.37. The quantitative estimate of drug-likeness (QED) is 0.307. The first-order chi connectivity index (χ1) is 17.0. The number of carboxylic acid groups (broad SMARTS) is 1. The second-order valence-electron chi connectivity index (χ2n) is 9.80. The molecular formula is C27H41N3O5. The first kappa shape index (κ1) is 27.1. The van der Waals surface area contributed by atoms with Crippen LogP contribution in [0, 0.1) is 5.92 Å². The van der Waals surface area contributed by atoms with Crippen molar-refractivity contribution in [3.63, 3.8) is 0 Å². The molecule has 2 saturated heterocycles. The molecule has 3 atom stereocenters. The highest BCUT2D eigenvalue weighted by Gasteiger charge is 2.35. The number of unbranched alkanes of at least 4 members (excludes halogenated alkanes) is 1. The third-order valence-corrected chi connectivity index (χ3v) is 7.24. The van der Waals surface area contributed by atoms with Gasteiger partial charge >= 0.3 is 11.9 Å². The molecule has 0 aliphatic carbocycles. The number of piperidine rings is 1. The van der Waals surface area contributed by atoms with Crippen molar-refractivity contribution in [2.24, 2.45) is 5.92 Å². The van der Waals surface area contributed by atoms with Crippen molar-refractivity contribution in [3.8, 4) is 0 Å². The lowest BCUT2D eigenvalue weighted by Crippen LogP contribution is -2.52. The monoisotopic (exact) mass is 487 g/mol. The highest BCUT2D eigenvalue weighted by atomic mass is 16.5. The van der Waals surface area contributed by atoms with Gasteiger partial charge in [0.15, 0.2) is 0 Å². The third kappa shape index (κ3) is 8.61. The molecule has 0 saturated carbocycles. The zero-order valence-corrected chi connectivity index (χ0v) is 20.9. The number of nitrogens with one attached hydrogen (secondary N) is 2. The van der Waals surface area contributed by atoms with Gasteiger partial charge in [0.1, 0.15) is 12.6 Å². The van der Waals surface area contributed by atoms with Gasteiger partial charge in [-0.3, -0.25) is 19.7 Å². The number of likely N-dealkylation sites (tertiary alicyclic amines) is 1. The summed E-state index contributed by atoms with van der Waals surface area (Å²) in [6.45, 7) is 4.23. The molecule has 3 rings (SSSR count). The molecule has 2 aliphatic heterocycles. The summed E-state index contributed by atoms with van der Waals surface area (Å²) in [5.74, 6) is -0.832. The molecule has 8 nitrogen and oxygen atoms in total. The van der Waals surface area contributed by atoms with E-state index in [9.17, 15) is 19.5 Å². The number of esters is 1. The molecule has 194 valence electrons. The summed E-state index contributed by atoms with van der Waals surface area (Å²) >= 11 is 0. The van der Waals surface area contributed by atoms with Crippen LogP contribution in [-0.2, 0) is 19.1 Å². The maximum Gasteiger partial charge on any atom is 0.323 e. The molecule has 35 heavy (non-hydrogen) atoms. The summed E-state index contributed by atoms with van der Waals surface area (Å²) < 4.78 is 5.31. The first-order valence-electron chi connectivity index (χ1n) is 13.2. The Balaban J connectivity index is 1.64. The van der Waals surface area contributed by atoms with Crippen molar-refractivity contribution in [3.05, 3.63) is 35.9 Å². The Kier molecular flexibility index (Phi) is 11.0. The Morgan fingerprint density at radius 3 is 2.57 bits per heavy atom. The highest BCUT2D eigenvalue weighted by Crippen LogP contribution is 2.28. The maximum atomic E-state index is 13.4. The summed E-state index contributed by atoms with van der Waals surface area (Å²) in [7, 11) is 0. The number of benzene rings is 1. The van der Waals surface area contributed by atoms with E-state index in [1.165, 1.54) is 17.7 Å². The molecule has 0 radical (unpaired) electrons. The van der Waals surface area contributed by atoms with Crippen LogP contribution in [0.15, 0.2) is 30.3 Å². The molecule has 1 amide bonds. The SMILES string of the molecule is CCOC(=O)[C@H](CCCCC1CCNCC1)NC1CCC(c2ccccc2)CN(CC(=O)O)C1=O. The zero-order valence-electron chi connectivity index (χ0n) is 20.9. The van der Waals surface area contributed by atoms with Crippen LogP contribution in [0.4, 0.5) is 0 Å². The van der Waals surface area contributed by atoms with E-state index in [0.29, 0.717) is 19.4 Å². The molecule has 8 heteroatoms. The lowest BCUT2D eigenvalue weighted by Gasteiger charge is -2.27. The Hall–Kier alpha value is -2.45. The van der Waals surface area contributed by atoms with Gasteiger partial charge in [-0.15, -0.1) is 0 Å². The normalized spacial score (nSPS) is 22.4. The van der Waals surface area contributed by atoms with Crippen molar-refractivity contribution < 1.29 is 24.2 Å². The van der Waals surface area contributed by atoms with Crippen LogP contribution in [0.1, 0.15) is 69.8 Å². The number of hydrogen-bond acceptors (Lipinski definition) is 6. The average molecular weight is 488 g/mol. The van der Waals surface area contributed by atoms with Crippen molar-refractivity contribution in [2.45, 2.75) is 76.3 Å². The molecule has 2 aliphatic rings. The van der Waals surface area contributed by atoms with Crippen molar-refractivity contribution in [1.82, 2.24) is 15.5 Å². The largest absolute Gasteiger partial charge is 0.480 e. The second-order valence-corrected chi connectivity index (χ2v) is 9.80. The van der Waals surface area contributed by atoms with Gasteiger partial charge < -0.3 is 20.1 Å². The minimum Gasteiger partial charge on any atom is -0.480 e. The summed E-state index contributed by atoms with van der Waals surface area (Å²) in [4.78, 5) is 39.0. The lowest BCUT2D eigenvalue weighted by atomic mass is 9.91. The molecule has 2 unspecified atom stereocenters. The fourth-order valence-electron chi connectivity index (χ4n) is 5.32. The number of ether oxygens (including phenoxy) is 1. The van der Waals surface area contributed by atoms with E-state index in [1.54, 1.807) is 6.92 Å². The zero-order chi connectivity index (χ0) is 25.0. The van der Waals surface area contributed by atoms with Gasteiger partial charge in [0.25, 0.3) is 0 Å². The lowest BCUT2D eigenvalue weighted by molar-refractivity contribution is -0.148. The molecule has 1 aromatic rings. The molecule has 2 heterocycles. The number of carboxylic acids is 1. The molecule has 0 spiro atoms. The van der Waals surface area contributed by atoms with Crippen LogP contribution in [0.2, 0.25) is 0 Å². The van der Waals surface area contributed by atoms with Crippen LogP contribution >= 0.6 is 0 Å². The Morgan fingerprint density at radius 1 is 1.14 bits per heavy atom. The van der Waals surface area contributed by atoms with Gasteiger partial charge in [0.05, 0.1) is 12.6 Å². The Morgan fingerprint density at radius 2 is 1.89 bits per heavy atom. The predicted molar refractivity (Wildman–Crippen MR) is 134 cm³/mol. The molecule has 1 aromatic carbocycles. The van der Waals surface area contributed by atoms with E-state index in [0.717, 1.165) is 50.3 Å². The number of nitrogens with zero attached hydrogens (tertiary/aromatic N) is 1. The second kappa shape index (κ2) is 14.2. The molecular weight excluding hydrogens is 446 g/mol. The van der Waals surface area contributed by atoms with Gasteiger partial charge in [-0.1, -0.05) is 49.6 Å². The number of aliphatic carboxylic acids is 1. The van der Waals surface area contributed by atoms with Crippen LogP contribution in [0.25, 0.3) is 0 Å². The fraction of sp³-hybridized carbons (Fsp3) is 0.667. The minimum absolute atomic E-state index is 0.0531. The number of amides is 1. The maximum absolute atomic E-state index is 13.4. The van der Waals surface area contributed by atoms with E-state index in [-0.39, 0.29) is 30.9 Å². The Bertz CT molecular complexity index is 812. The third-order valence-electron chi connectivity index (χ3n) is 7.24. The van der Waals surface area contributed by atoms with Crippen molar-refractivity contribution in [2.75, 3.05) is 32.8 Å². The smallest absolute Gasteiger partial charge is 0.323 e. The van der Waals surface area contributed by atoms with Crippen LogP contribution in [-0.4, -0.2) is 72.7 Å². The Labute approximate surface area is 208 Å². The van der Waals surface area contributed by atoms with Crippen molar-refractivity contribution in [1.29, 1.82) is 0 Å². The number of carbonyl (C=O) groups is 3. The van der Waals surface area contributed by atoms with Gasteiger partial charge in [-0.2, -0.15) is 0 Å². The number of rotatable bonds is 12. The number of hydrogen-bond donors (Lipinski definition) is 3. The van der Waals surface area contributed by atoms with Crippen LogP contribution < -0.4 is 10.6 Å². The van der Waals surface area contributed by atoms with Gasteiger partial charge in [0, 0.05) is 12.5 Å². The van der Waals surface area contributed by atoms with Gasteiger partial charge in [-0.05, 0) is 63.6 Å². The van der Waals surface area contributed by atoms with E-state index in [4.69, 9.17) is 4.74 Å². The summed E-state index contributed by atoms with van der Waals surface area (Å²) in [6, 6.07) is 8.72. The minimum atomic E-state index is -1.04. The topological polar surface area (TPSA) is 108 Å². The standard InChI is InChI=1S/C27H41N3O5/c1-2-35-27(34)24(11-7-6-8-20-14-16-28-17-15-20)29-23-13-12-22(21-9-4-3-5-10-21)18-30(26(23)33)19-25(31)32/h3-5,9-10,20,22-24,28-29H,2,6-8,11-19H2,1H3,(H,31,32)/t22?,23?,24-/m0/s1. The van der Waals surface area contributed by atoms with E-state index < -0.39 is 18.1 Å². The van der Waals surface area contributed by atoms with Crippen LogP contribution in [0.5, 0.6) is 0 Å². The van der Waals surface area contributed by atoms with Crippen LogP contribution in [0.3, 0.4) is 0 Å². The predicted octanol–water partition coefficient (Wildman–Crippen LogP) is 2.93. The first-order valence-corrected chi connectivity index (χ1v) is 13.2. The molecule has 0 aromatic heterocycles. The van der Waals surface area contributed by atoms with Crippen molar-refractivity contribution >= 4 is 17.8 Å². The molecule has 3 N–H and O–H groups in total. The van der Waals surface area contributed by atoms with Gasteiger partial charge in [0.2, 0.25) is 5.91 Å².